The smallest absolute Gasteiger partial charge is 0.490 e. The van der Waals surface area contributed by atoms with Crippen molar-refractivity contribution in [1.82, 2.24) is 10.6 Å². The number of carbonyl (C=O) groups excluding carboxylic acids is 1. The Morgan fingerprint density at radius 2 is 1.68 bits per heavy atom. The minimum atomic E-state index is -5.08. The SMILES string of the molecule is CCOc1ccc(S(=O)(=O)Nc2ccc(N3CCNCC3)c(C(=O)NC(C)C)c2)cc1.O=C(O)C(F)(F)F. The minimum Gasteiger partial charge on any atom is -0.494 e. The van der Waals surface area contributed by atoms with E-state index in [9.17, 15) is 26.4 Å². The van der Waals surface area contributed by atoms with E-state index in [1.807, 2.05) is 20.8 Å². The quantitative estimate of drug-likeness (QED) is 0.387. The number of carboxylic acids is 1. The van der Waals surface area contributed by atoms with E-state index in [1.54, 1.807) is 30.3 Å². The number of amides is 1. The Morgan fingerprint density at radius 1 is 1.11 bits per heavy atom. The van der Waals surface area contributed by atoms with Gasteiger partial charge < -0.3 is 25.4 Å². The number of ether oxygens (including phenoxy) is 1. The van der Waals surface area contributed by atoms with Gasteiger partial charge in [0, 0.05) is 43.6 Å². The third-order valence-corrected chi connectivity index (χ3v) is 6.46. The number of aliphatic carboxylic acids is 1. The van der Waals surface area contributed by atoms with Crippen LogP contribution in [-0.2, 0) is 14.8 Å². The summed E-state index contributed by atoms with van der Waals surface area (Å²) in [5.41, 5.74) is 1.58. The lowest BCUT2D eigenvalue weighted by Gasteiger charge is -2.31. The first kappa shape index (κ1) is 30.7. The second-order valence-electron chi connectivity index (χ2n) is 8.41. The number of sulfonamides is 1. The van der Waals surface area contributed by atoms with Gasteiger partial charge in [-0.3, -0.25) is 9.52 Å². The van der Waals surface area contributed by atoms with Crippen LogP contribution < -0.4 is 25.0 Å². The Kier molecular flexibility index (Phi) is 10.8. The molecule has 38 heavy (non-hydrogen) atoms. The van der Waals surface area contributed by atoms with Gasteiger partial charge in [0.25, 0.3) is 15.9 Å². The number of alkyl halides is 3. The van der Waals surface area contributed by atoms with E-state index in [4.69, 9.17) is 14.6 Å². The summed E-state index contributed by atoms with van der Waals surface area (Å²) in [5, 5.41) is 13.3. The molecule has 0 bridgehead atoms. The zero-order valence-electron chi connectivity index (χ0n) is 21.1. The number of nitrogens with one attached hydrogen (secondary N) is 3. The van der Waals surface area contributed by atoms with Gasteiger partial charge in [-0.05, 0) is 63.2 Å². The fourth-order valence-electron chi connectivity index (χ4n) is 3.40. The van der Waals surface area contributed by atoms with Gasteiger partial charge in [0.1, 0.15) is 5.75 Å². The van der Waals surface area contributed by atoms with Gasteiger partial charge in [-0.2, -0.15) is 13.2 Å². The first-order valence-corrected chi connectivity index (χ1v) is 13.2. The monoisotopic (exact) mass is 560 g/mol. The molecule has 1 fully saturated rings. The summed E-state index contributed by atoms with van der Waals surface area (Å²) in [6, 6.07) is 11.3. The zero-order chi connectivity index (χ0) is 28.5. The number of rotatable bonds is 8. The van der Waals surface area contributed by atoms with E-state index in [-0.39, 0.29) is 16.8 Å². The van der Waals surface area contributed by atoms with Crippen LogP contribution in [0.15, 0.2) is 47.4 Å². The molecule has 2 aromatic rings. The molecule has 0 aromatic heterocycles. The lowest BCUT2D eigenvalue weighted by Crippen LogP contribution is -2.44. The lowest BCUT2D eigenvalue weighted by atomic mass is 10.1. The first-order valence-electron chi connectivity index (χ1n) is 11.7. The molecule has 0 spiro atoms. The fraction of sp³-hybridized carbons (Fsp3) is 0.417. The van der Waals surface area contributed by atoms with E-state index in [2.05, 4.69) is 20.3 Å². The number of hydrogen-bond acceptors (Lipinski definition) is 7. The Balaban J connectivity index is 0.000000638. The van der Waals surface area contributed by atoms with Crippen molar-refractivity contribution in [3.63, 3.8) is 0 Å². The molecule has 2 aromatic carbocycles. The highest BCUT2D eigenvalue weighted by Crippen LogP contribution is 2.27. The van der Waals surface area contributed by atoms with Gasteiger partial charge in [-0.15, -0.1) is 0 Å². The Bertz CT molecular complexity index is 1200. The Hall–Kier alpha value is -3.52. The summed E-state index contributed by atoms with van der Waals surface area (Å²) in [6.07, 6.45) is -5.08. The van der Waals surface area contributed by atoms with E-state index < -0.39 is 22.2 Å². The summed E-state index contributed by atoms with van der Waals surface area (Å²) in [5.74, 6) is -2.38. The van der Waals surface area contributed by atoms with Crippen LogP contribution in [-0.4, -0.2) is 70.4 Å². The molecule has 0 aliphatic carbocycles. The molecule has 0 atom stereocenters. The van der Waals surface area contributed by atoms with Gasteiger partial charge in [0.05, 0.1) is 17.1 Å². The number of carboxylic acid groups (broad SMARTS) is 1. The molecule has 0 unspecified atom stereocenters. The Labute approximate surface area is 219 Å². The van der Waals surface area contributed by atoms with E-state index in [0.29, 0.717) is 23.6 Å². The van der Waals surface area contributed by atoms with Crippen LogP contribution in [0.5, 0.6) is 5.75 Å². The highest BCUT2D eigenvalue weighted by atomic mass is 32.2. The van der Waals surface area contributed by atoms with Crippen LogP contribution in [0.1, 0.15) is 31.1 Å². The predicted octanol–water partition coefficient (Wildman–Crippen LogP) is 3.07. The zero-order valence-corrected chi connectivity index (χ0v) is 21.9. The molecular formula is C24H31F3N4O6S. The normalized spacial score (nSPS) is 13.8. The third kappa shape index (κ3) is 9.10. The molecular weight excluding hydrogens is 529 g/mol. The number of carbonyl (C=O) groups is 2. The fourth-order valence-corrected chi connectivity index (χ4v) is 4.45. The van der Waals surface area contributed by atoms with Crippen molar-refractivity contribution in [1.29, 1.82) is 0 Å². The maximum Gasteiger partial charge on any atom is 0.490 e. The van der Waals surface area contributed by atoms with Crippen LogP contribution in [0.25, 0.3) is 0 Å². The highest BCUT2D eigenvalue weighted by molar-refractivity contribution is 7.92. The van der Waals surface area contributed by atoms with Crippen molar-refractivity contribution in [2.45, 2.75) is 37.9 Å². The van der Waals surface area contributed by atoms with Gasteiger partial charge >= 0.3 is 12.1 Å². The first-order chi connectivity index (χ1) is 17.7. The second kappa shape index (κ2) is 13.3. The molecule has 0 radical (unpaired) electrons. The van der Waals surface area contributed by atoms with Crippen molar-refractivity contribution in [2.24, 2.45) is 0 Å². The molecule has 1 amide bonds. The maximum absolute atomic E-state index is 12.9. The number of benzene rings is 2. The number of hydrogen-bond donors (Lipinski definition) is 4. The number of halogens is 3. The summed E-state index contributed by atoms with van der Waals surface area (Å²) < 4.78 is 65.4. The topological polar surface area (TPSA) is 137 Å². The average Bonchev–Trinajstić information content (AvgIpc) is 2.84. The molecule has 1 aliphatic rings. The van der Waals surface area contributed by atoms with Crippen molar-refractivity contribution in [3.05, 3.63) is 48.0 Å². The van der Waals surface area contributed by atoms with Gasteiger partial charge in [-0.25, -0.2) is 13.2 Å². The van der Waals surface area contributed by atoms with Crippen molar-refractivity contribution >= 4 is 33.3 Å². The number of anilines is 2. The summed E-state index contributed by atoms with van der Waals surface area (Å²) in [6.45, 7) is 9.36. The molecule has 3 rings (SSSR count). The van der Waals surface area contributed by atoms with E-state index >= 15 is 0 Å². The Morgan fingerprint density at radius 3 is 2.18 bits per heavy atom. The van der Waals surface area contributed by atoms with Crippen molar-refractivity contribution in [3.8, 4) is 5.75 Å². The third-order valence-electron chi connectivity index (χ3n) is 5.06. The maximum atomic E-state index is 12.9. The summed E-state index contributed by atoms with van der Waals surface area (Å²) in [7, 11) is -3.81. The molecule has 0 saturated carbocycles. The molecule has 14 heteroatoms. The number of nitrogens with zero attached hydrogens (tertiary/aromatic N) is 1. The van der Waals surface area contributed by atoms with Gasteiger partial charge in [-0.1, -0.05) is 0 Å². The molecule has 4 N–H and O–H groups in total. The summed E-state index contributed by atoms with van der Waals surface area (Å²) >= 11 is 0. The van der Waals surface area contributed by atoms with Crippen LogP contribution in [0, 0.1) is 0 Å². The van der Waals surface area contributed by atoms with E-state index in [1.165, 1.54) is 12.1 Å². The number of piperazine rings is 1. The van der Waals surface area contributed by atoms with Gasteiger partial charge in [0.15, 0.2) is 0 Å². The van der Waals surface area contributed by atoms with Crippen molar-refractivity contribution < 1.29 is 41.0 Å². The molecule has 210 valence electrons. The molecule has 1 saturated heterocycles. The lowest BCUT2D eigenvalue weighted by molar-refractivity contribution is -0.192. The van der Waals surface area contributed by atoms with E-state index in [0.717, 1.165) is 31.9 Å². The van der Waals surface area contributed by atoms with Crippen LogP contribution in [0.3, 0.4) is 0 Å². The predicted molar refractivity (Wildman–Crippen MR) is 136 cm³/mol. The van der Waals surface area contributed by atoms with Crippen LogP contribution in [0.4, 0.5) is 24.5 Å². The van der Waals surface area contributed by atoms with Crippen LogP contribution >= 0.6 is 0 Å². The molecule has 1 heterocycles. The molecule has 10 nitrogen and oxygen atoms in total. The molecule has 1 aliphatic heterocycles. The van der Waals surface area contributed by atoms with Crippen LogP contribution in [0.2, 0.25) is 0 Å². The van der Waals surface area contributed by atoms with Crippen molar-refractivity contribution in [2.75, 3.05) is 42.4 Å². The second-order valence-corrected chi connectivity index (χ2v) is 10.1. The largest absolute Gasteiger partial charge is 0.494 e. The minimum absolute atomic E-state index is 0.0347. The average molecular weight is 561 g/mol. The highest BCUT2D eigenvalue weighted by Gasteiger charge is 2.38. The summed E-state index contributed by atoms with van der Waals surface area (Å²) in [4.78, 5) is 24.0. The standard InChI is InChI=1S/C22H30N4O4S.C2HF3O2/c1-4-30-18-6-8-19(9-7-18)31(28,29)25-17-5-10-21(26-13-11-23-12-14-26)20(15-17)22(27)24-16(2)3;3-2(4,5)1(6)7/h5-10,15-16,23,25H,4,11-14H2,1-3H3,(H,24,27);(H,6,7). The van der Waals surface area contributed by atoms with Gasteiger partial charge in [0.2, 0.25) is 0 Å².